The molecular weight excluding hydrogens is 327 g/mol. The van der Waals surface area contributed by atoms with Crippen LogP contribution in [-0.2, 0) is 11.3 Å². The normalized spacial score (nSPS) is 17.9. The highest BCUT2D eigenvalue weighted by molar-refractivity contribution is 5.94. The SMILES string of the molecule is Cc1cc(C)c(NC(=O)C2CCCN(Cc3ccc(F)cc3)C2)c(C)c1. The summed E-state index contributed by atoms with van der Waals surface area (Å²) in [5.41, 5.74) is 5.44. The number of hydrogen-bond donors (Lipinski definition) is 1. The van der Waals surface area contributed by atoms with Gasteiger partial charge in [-0.2, -0.15) is 0 Å². The summed E-state index contributed by atoms with van der Waals surface area (Å²) in [4.78, 5) is 15.1. The fourth-order valence-corrected chi connectivity index (χ4v) is 3.86. The van der Waals surface area contributed by atoms with Crippen molar-refractivity contribution < 1.29 is 9.18 Å². The van der Waals surface area contributed by atoms with Gasteiger partial charge in [-0.15, -0.1) is 0 Å². The Morgan fingerprint density at radius 2 is 1.81 bits per heavy atom. The molecule has 26 heavy (non-hydrogen) atoms. The lowest BCUT2D eigenvalue weighted by atomic mass is 9.96. The number of amides is 1. The van der Waals surface area contributed by atoms with Crippen LogP contribution in [-0.4, -0.2) is 23.9 Å². The molecule has 1 saturated heterocycles. The van der Waals surface area contributed by atoms with Crippen LogP contribution >= 0.6 is 0 Å². The molecule has 138 valence electrons. The maximum absolute atomic E-state index is 13.1. The van der Waals surface area contributed by atoms with Crippen molar-refractivity contribution in [3.63, 3.8) is 0 Å². The summed E-state index contributed by atoms with van der Waals surface area (Å²) in [5.74, 6) is -0.123. The van der Waals surface area contributed by atoms with Gasteiger partial charge in [-0.1, -0.05) is 29.8 Å². The number of anilines is 1. The standard InChI is InChI=1S/C22H27FN2O/c1-15-11-16(2)21(17(3)12-15)24-22(26)19-5-4-10-25(14-19)13-18-6-8-20(23)9-7-18/h6-9,11-12,19H,4-5,10,13-14H2,1-3H3,(H,24,26). The molecule has 0 spiro atoms. The molecule has 1 aliphatic heterocycles. The van der Waals surface area contributed by atoms with Crippen LogP contribution in [0, 0.1) is 32.5 Å². The van der Waals surface area contributed by atoms with Gasteiger partial charge in [0.1, 0.15) is 5.82 Å². The minimum absolute atomic E-state index is 0.00991. The monoisotopic (exact) mass is 354 g/mol. The highest BCUT2D eigenvalue weighted by Gasteiger charge is 2.26. The molecule has 1 unspecified atom stereocenters. The Kier molecular flexibility index (Phi) is 5.72. The first-order valence-electron chi connectivity index (χ1n) is 9.28. The molecule has 1 amide bonds. The van der Waals surface area contributed by atoms with E-state index in [1.165, 1.54) is 17.7 Å². The van der Waals surface area contributed by atoms with Gasteiger partial charge in [0.15, 0.2) is 0 Å². The Hall–Kier alpha value is -2.20. The fourth-order valence-electron chi connectivity index (χ4n) is 3.86. The molecule has 1 N–H and O–H groups in total. The lowest BCUT2D eigenvalue weighted by Crippen LogP contribution is -2.40. The van der Waals surface area contributed by atoms with Gasteiger partial charge >= 0.3 is 0 Å². The molecule has 3 rings (SSSR count). The molecule has 0 aliphatic carbocycles. The second-order valence-electron chi connectivity index (χ2n) is 7.46. The highest BCUT2D eigenvalue weighted by Crippen LogP contribution is 2.25. The van der Waals surface area contributed by atoms with Crippen LogP contribution in [0.15, 0.2) is 36.4 Å². The predicted octanol–water partition coefficient (Wildman–Crippen LogP) is 4.60. The molecule has 0 aromatic heterocycles. The minimum atomic E-state index is -0.214. The molecule has 0 saturated carbocycles. The number of aryl methyl sites for hydroxylation is 3. The van der Waals surface area contributed by atoms with E-state index in [9.17, 15) is 9.18 Å². The van der Waals surface area contributed by atoms with Gasteiger partial charge in [0.05, 0.1) is 5.92 Å². The molecule has 0 radical (unpaired) electrons. The van der Waals surface area contributed by atoms with E-state index in [0.717, 1.165) is 54.9 Å². The third kappa shape index (κ3) is 4.50. The molecule has 1 atom stereocenters. The van der Waals surface area contributed by atoms with E-state index in [1.807, 2.05) is 26.0 Å². The van der Waals surface area contributed by atoms with Crippen LogP contribution < -0.4 is 5.32 Å². The van der Waals surface area contributed by atoms with Crippen molar-refractivity contribution in [3.8, 4) is 0 Å². The Morgan fingerprint density at radius 3 is 2.46 bits per heavy atom. The minimum Gasteiger partial charge on any atom is -0.325 e. The summed E-state index contributed by atoms with van der Waals surface area (Å²) < 4.78 is 13.1. The zero-order valence-electron chi connectivity index (χ0n) is 15.8. The van der Waals surface area contributed by atoms with Crippen molar-refractivity contribution >= 4 is 11.6 Å². The Bertz CT molecular complexity index is 762. The van der Waals surface area contributed by atoms with Crippen molar-refractivity contribution in [1.82, 2.24) is 4.90 Å². The van der Waals surface area contributed by atoms with E-state index in [1.54, 1.807) is 0 Å². The average Bonchev–Trinajstić information content (AvgIpc) is 2.60. The van der Waals surface area contributed by atoms with E-state index in [4.69, 9.17) is 0 Å². The maximum Gasteiger partial charge on any atom is 0.228 e. The van der Waals surface area contributed by atoms with Crippen LogP contribution in [0.5, 0.6) is 0 Å². The summed E-state index contributed by atoms with van der Waals surface area (Å²) in [6.07, 6.45) is 1.92. The summed E-state index contributed by atoms with van der Waals surface area (Å²) in [6, 6.07) is 10.8. The smallest absolute Gasteiger partial charge is 0.228 e. The van der Waals surface area contributed by atoms with Crippen molar-refractivity contribution in [2.24, 2.45) is 5.92 Å². The largest absolute Gasteiger partial charge is 0.325 e. The van der Waals surface area contributed by atoms with Gasteiger partial charge < -0.3 is 5.32 Å². The predicted molar refractivity (Wildman–Crippen MR) is 104 cm³/mol. The molecule has 4 heteroatoms. The van der Waals surface area contributed by atoms with Gasteiger partial charge in [-0.25, -0.2) is 4.39 Å². The number of piperidine rings is 1. The van der Waals surface area contributed by atoms with Gasteiger partial charge in [0.2, 0.25) is 5.91 Å². The highest BCUT2D eigenvalue weighted by atomic mass is 19.1. The van der Waals surface area contributed by atoms with Gasteiger partial charge in [0.25, 0.3) is 0 Å². The second-order valence-corrected chi connectivity index (χ2v) is 7.46. The first-order chi connectivity index (χ1) is 12.4. The lowest BCUT2D eigenvalue weighted by Gasteiger charge is -2.32. The number of rotatable bonds is 4. The Morgan fingerprint density at radius 1 is 1.15 bits per heavy atom. The third-order valence-corrected chi connectivity index (χ3v) is 5.12. The molecule has 1 heterocycles. The number of benzene rings is 2. The van der Waals surface area contributed by atoms with E-state index >= 15 is 0 Å². The zero-order valence-corrected chi connectivity index (χ0v) is 15.8. The van der Waals surface area contributed by atoms with E-state index < -0.39 is 0 Å². The first-order valence-corrected chi connectivity index (χ1v) is 9.28. The number of carbonyl (C=O) groups is 1. The van der Waals surface area contributed by atoms with Gasteiger partial charge in [-0.05, 0) is 69.0 Å². The third-order valence-electron chi connectivity index (χ3n) is 5.12. The average molecular weight is 354 g/mol. The lowest BCUT2D eigenvalue weighted by molar-refractivity contribution is -0.121. The molecule has 1 fully saturated rings. The van der Waals surface area contributed by atoms with Crippen LogP contribution in [0.2, 0.25) is 0 Å². The molecular formula is C22H27FN2O. The van der Waals surface area contributed by atoms with E-state index in [2.05, 4.69) is 29.3 Å². The number of carbonyl (C=O) groups excluding carboxylic acids is 1. The van der Waals surface area contributed by atoms with Gasteiger partial charge in [0, 0.05) is 18.8 Å². The number of likely N-dealkylation sites (tertiary alicyclic amines) is 1. The van der Waals surface area contributed by atoms with Crippen LogP contribution in [0.1, 0.15) is 35.1 Å². The van der Waals surface area contributed by atoms with Crippen LogP contribution in [0.25, 0.3) is 0 Å². The number of nitrogens with one attached hydrogen (secondary N) is 1. The summed E-state index contributed by atoms with van der Waals surface area (Å²) in [7, 11) is 0. The van der Waals surface area contributed by atoms with Crippen molar-refractivity contribution in [3.05, 3.63) is 64.5 Å². The van der Waals surface area contributed by atoms with Crippen molar-refractivity contribution in [1.29, 1.82) is 0 Å². The number of nitrogens with zero attached hydrogens (tertiary/aromatic N) is 1. The van der Waals surface area contributed by atoms with Crippen molar-refractivity contribution in [2.75, 3.05) is 18.4 Å². The molecule has 3 nitrogen and oxygen atoms in total. The second kappa shape index (κ2) is 8.00. The van der Waals surface area contributed by atoms with Crippen molar-refractivity contribution in [2.45, 2.75) is 40.2 Å². The van der Waals surface area contributed by atoms with E-state index in [0.29, 0.717) is 0 Å². The maximum atomic E-state index is 13.1. The topological polar surface area (TPSA) is 32.3 Å². The van der Waals surface area contributed by atoms with Crippen LogP contribution in [0.3, 0.4) is 0 Å². The number of hydrogen-bond acceptors (Lipinski definition) is 2. The summed E-state index contributed by atoms with van der Waals surface area (Å²) in [5, 5.41) is 3.15. The molecule has 1 aliphatic rings. The summed E-state index contributed by atoms with van der Waals surface area (Å²) in [6.45, 7) is 8.62. The Balaban J connectivity index is 1.64. The fraction of sp³-hybridized carbons (Fsp3) is 0.409. The zero-order chi connectivity index (χ0) is 18.7. The summed E-state index contributed by atoms with van der Waals surface area (Å²) >= 11 is 0. The molecule has 0 bridgehead atoms. The first kappa shape index (κ1) is 18.6. The van der Waals surface area contributed by atoms with Gasteiger partial charge in [-0.3, -0.25) is 9.69 Å². The molecule has 2 aromatic carbocycles. The van der Waals surface area contributed by atoms with Crippen LogP contribution in [0.4, 0.5) is 10.1 Å². The molecule has 2 aromatic rings. The quantitative estimate of drug-likeness (QED) is 0.870. The number of halogens is 1. The Labute approximate surface area is 155 Å². The van der Waals surface area contributed by atoms with E-state index in [-0.39, 0.29) is 17.6 Å².